The molecule has 11 heteroatoms. The second-order valence-electron chi connectivity index (χ2n) is 11.2. The van der Waals surface area contributed by atoms with E-state index >= 15 is 0 Å². The predicted octanol–water partition coefficient (Wildman–Crippen LogP) is 3.57. The summed E-state index contributed by atoms with van der Waals surface area (Å²) in [5, 5.41) is 12.6. The molecule has 4 aliphatic carbocycles. The number of hydrogen-bond donors (Lipinski definition) is 2. The maximum absolute atomic E-state index is 13.2. The van der Waals surface area contributed by atoms with Crippen molar-refractivity contribution < 1.29 is 26.4 Å². The third kappa shape index (κ3) is 4.87. The lowest BCUT2D eigenvalue weighted by atomic mass is 9.50. The van der Waals surface area contributed by atoms with Crippen LogP contribution in [0.2, 0.25) is 0 Å². The first-order valence-electron chi connectivity index (χ1n) is 12.6. The SMILES string of the molecule is N#CCC1CCCN1C(=O)CNC12CC3CC(C1)CC(NS(=O)(=O)c1ccc(C(F)(F)F)cc1)(C3)C2. The van der Waals surface area contributed by atoms with E-state index in [1.165, 1.54) is 0 Å². The number of carbonyl (C=O) groups excluding carboxylic acids is 1. The number of hydrogen-bond acceptors (Lipinski definition) is 5. The van der Waals surface area contributed by atoms with Gasteiger partial charge in [0.25, 0.3) is 0 Å². The summed E-state index contributed by atoms with van der Waals surface area (Å²) in [6, 6.07) is 5.72. The Morgan fingerprint density at radius 3 is 2.36 bits per heavy atom. The van der Waals surface area contributed by atoms with Gasteiger partial charge in [-0.3, -0.25) is 4.79 Å². The summed E-state index contributed by atoms with van der Waals surface area (Å²) < 4.78 is 68.1. The molecule has 1 aromatic carbocycles. The monoisotopic (exact) mass is 524 g/mol. The molecule has 7 nitrogen and oxygen atoms in total. The molecule has 36 heavy (non-hydrogen) atoms. The van der Waals surface area contributed by atoms with Crippen molar-refractivity contribution in [2.75, 3.05) is 13.1 Å². The number of alkyl halides is 3. The zero-order valence-corrected chi connectivity index (χ0v) is 20.8. The molecule has 4 bridgehead atoms. The van der Waals surface area contributed by atoms with Crippen molar-refractivity contribution in [3.8, 4) is 6.07 Å². The van der Waals surface area contributed by atoms with E-state index in [0.717, 1.165) is 56.4 Å². The molecule has 2 N–H and O–H groups in total. The first-order chi connectivity index (χ1) is 16.9. The molecule has 1 saturated heterocycles. The van der Waals surface area contributed by atoms with Gasteiger partial charge in [-0.1, -0.05) is 0 Å². The molecule has 4 saturated carbocycles. The Labute approximate surface area is 209 Å². The molecule has 1 aromatic rings. The Morgan fingerprint density at radius 1 is 1.11 bits per heavy atom. The molecule has 6 rings (SSSR count). The van der Waals surface area contributed by atoms with Gasteiger partial charge in [-0.2, -0.15) is 18.4 Å². The lowest BCUT2D eigenvalue weighted by molar-refractivity contribution is -0.137. The summed E-state index contributed by atoms with van der Waals surface area (Å²) in [6.07, 6.45) is 2.23. The largest absolute Gasteiger partial charge is 0.416 e. The van der Waals surface area contributed by atoms with Crippen molar-refractivity contribution in [2.24, 2.45) is 11.8 Å². The van der Waals surface area contributed by atoms with E-state index < -0.39 is 27.3 Å². The van der Waals surface area contributed by atoms with Crippen LogP contribution in [0.1, 0.15) is 63.4 Å². The number of halogens is 3. The smallest absolute Gasteiger partial charge is 0.338 e. The fraction of sp³-hybridized carbons (Fsp3) is 0.680. The van der Waals surface area contributed by atoms with Gasteiger partial charge in [0, 0.05) is 23.7 Å². The molecule has 3 unspecified atom stereocenters. The van der Waals surface area contributed by atoms with E-state index in [1.54, 1.807) is 4.90 Å². The molecule has 0 spiro atoms. The number of nitriles is 1. The minimum atomic E-state index is -4.53. The van der Waals surface area contributed by atoms with Crippen molar-refractivity contribution in [2.45, 2.75) is 86.0 Å². The molecule has 1 amide bonds. The lowest BCUT2D eigenvalue weighted by Gasteiger charge is -2.62. The van der Waals surface area contributed by atoms with Gasteiger partial charge in [0.1, 0.15) is 0 Å². The highest BCUT2D eigenvalue weighted by Gasteiger charge is 2.58. The van der Waals surface area contributed by atoms with Gasteiger partial charge in [-0.15, -0.1) is 0 Å². The van der Waals surface area contributed by atoms with Crippen LogP contribution in [0.5, 0.6) is 0 Å². The van der Waals surface area contributed by atoms with E-state index in [-0.39, 0.29) is 28.9 Å². The first-order valence-corrected chi connectivity index (χ1v) is 14.0. The molecule has 0 aromatic heterocycles. The second kappa shape index (κ2) is 8.99. The number of benzene rings is 1. The van der Waals surface area contributed by atoms with E-state index in [2.05, 4.69) is 16.1 Å². The van der Waals surface area contributed by atoms with Crippen LogP contribution in [0, 0.1) is 23.2 Å². The molecular formula is C25H31F3N4O3S. The highest BCUT2D eigenvalue weighted by atomic mass is 32.2. The van der Waals surface area contributed by atoms with Crippen molar-refractivity contribution in [1.29, 1.82) is 5.26 Å². The fourth-order valence-electron chi connectivity index (χ4n) is 7.60. The van der Waals surface area contributed by atoms with Crippen LogP contribution in [0.15, 0.2) is 29.2 Å². The average molecular weight is 525 g/mol. The molecule has 0 radical (unpaired) electrons. The zero-order chi connectivity index (χ0) is 25.8. The number of likely N-dealkylation sites (tertiary alicyclic amines) is 1. The van der Waals surface area contributed by atoms with Gasteiger partial charge < -0.3 is 10.2 Å². The van der Waals surface area contributed by atoms with Crippen LogP contribution in [0.4, 0.5) is 13.2 Å². The average Bonchev–Trinajstić information content (AvgIpc) is 3.24. The van der Waals surface area contributed by atoms with E-state index in [9.17, 15) is 26.4 Å². The van der Waals surface area contributed by atoms with Crippen LogP contribution in [0.25, 0.3) is 0 Å². The minimum Gasteiger partial charge on any atom is -0.338 e. The summed E-state index contributed by atoms with van der Waals surface area (Å²) in [6.45, 7) is 0.811. The van der Waals surface area contributed by atoms with Gasteiger partial charge in [-0.05, 0) is 87.5 Å². The van der Waals surface area contributed by atoms with Crippen LogP contribution < -0.4 is 10.0 Å². The Kier molecular flexibility index (Phi) is 6.37. The van der Waals surface area contributed by atoms with Gasteiger partial charge in [0.2, 0.25) is 15.9 Å². The van der Waals surface area contributed by atoms with Crippen LogP contribution in [-0.2, 0) is 21.0 Å². The maximum atomic E-state index is 13.2. The molecule has 1 aliphatic heterocycles. The fourth-order valence-corrected chi connectivity index (χ4v) is 9.02. The highest BCUT2D eigenvalue weighted by molar-refractivity contribution is 7.89. The van der Waals surface area contributed by atoms with Crippen LogP contribution >= 0.6 is 0 Å². The predicted molar refractivity (Wildman–Crippen MR) is 125 cm³/mol. The second-order valence-corrected chi connectivity index (χ2v) is 12.9. The Bertz CT molecular complexity index is 1150. The summed E-state index contributed by atoms with van der Waals surface area (Å²) in [4.78, 5) is 14.6. The van der Waals surface area contributed by atoms with Crippen LogP contribution in [0.3, 0.4) is 0 Å². The van der Waals surface area contributed by atoms with Crippen molar-refractivity contribution in [3.63, 3.8) is 0 Å². The standard InChI is InChI=1S/C25H31F3N4O3S/c26-25(27,28)19-3-5-21(6-4-19)36(34,35)31-24-13-17-10-18(14-24)12-23(11-17,16-24)30-15-22(33)32-9-1-2-20(32)7-8-29/h3-6,17-18,20,30-31H,1-2,7,9-16H2. The number of nitrogens with one attached hydrogen (secondary N) is 2. The normalized spacial score (nSPS) is 33.6. The zero-order valence-electron chi connectivity index (χ0n) is 20.0. The lowest BCUT2D eigenvalue weighted by Crippen LogP contribution is -2.69. The molecule has 5 aliphatic rings. The number of sulfonamides is 1. The molecule has 5 fully saturated rings. The molecule has 196 valence electrons. The Balaban J connectivity index is 1.30. The van der Waals surface area contributed by atoms with E-state index in [4.69, 9.17) is 5.26 Å². The quantitative estimate of drug-likeness (QED) is 0.568. The van der Waals surface area contributed by atoms with Gasteiger partial charge in [0.05, 0.1) is 29.5 Å². The minimum absolute atomic E-state index is 0.0251. The summed E-state index contributed by atoms with van der Waals surface area (Å²) in [5.74, 6) is 0.618. The van der Waals surface area contributed by atoms with E-state index in [1.807, 2.05) is 0 Å². The van der Waals surface area contributed by atoms with Gasteiger partial charge >= 0.3 is 6.18 Å². The van der Waals surface area contributed by atoms with Crippen molar-refractivity contribution >= 4 is 15.9 Å². The summed E-state index contributed by atoms with van der Waals surface area (Å²) in [5.41, 5.74) is -1.93. The number of carbonyl (C=O) groups is 1. The Hall–Kier alpha value is -2.16. The number of rotatable bonds is 7. The molecule has 3 atom stereocenters. The molecular weight excluding hydrogens is 493 g/mol. The number of nitrogens with zero attached hydrogens (tertiary/aromatic N) is 2. The maximum Gasteiger partial charge on any atom is 0.416 e. The molecule has 1 heterocycles. The number of amides is 1. The first kappa shape index (κ1) is 25.5. The Morgan fingerprint density at radius 2 is 1.75 bits per heavy atom. The topological polar surface area (TPSA) is 102 Å². The summed E-state index contributed by atoms with van der Waals surface area (Å²) in [7, 11) is -4.02. The summed E-state index contributed by atoms with van der Waals surface area (Å²) >= 11 is 0. The van der Waals surface area contributed by atoms with Crippen molar-refractivity contribution in [3.05, 3.63) is 29.8 Å². The van der Waals surface area contributed by atoms with Crippen LogP contribution in [-0.4, -0.2) is 49.4 Å². The van der Waals surface area contributed by atoms with Gasteiger partial charge in [0.15, 0.2) is 0 Å². The third-order valence-electron chi connectivity index (χ3n) is 8.54. The van der Waals surface area contributed by atoms with Gasteiger partial charge in [-0.25, -0.2) is 13.1 Å². The third-order valence-corrected chi connectivity index (χ3v) is 10.1. The highest BCUT2D eigenvalue weighted by Crippen LogP contribution is 2.57. The van der Waals surface area contributed by atoms with E-state index in [0.29, 0.717) is 44.1 Å². The van der Waals surface area contributed by atoms with Crippen molar-refractivity contribution in [1.82, 2.24) is 14.9 Å².